The first-order valence-corrected chi connectivity index (χ1v) is 9.32. The molecule has 2 amide bonds. The highest BCUT2D eigenvalue weighted by Gasteiger charge is 2.35. The molecular weight excluding hydrogens is 342 g/mol. The minimum Gasteiger partial charge on any atom is -0.508 e. The molecule has 0 aliphatic carbocycles. The largest absolute Gasteiger partial charge is 0.508 e. The van der Waals surface area contributed by atoms with Crippen molar-refractivity contribution in [3.63, 3.8) is 0 Å². The van der Waals surface area contributed by atoms with E-state index in [-0.39, 0.29) is 29.9 Å². The highest BCUT2D eigenvalue weighted by Crippen LogP contribution is 2.28. The third-order valence-electron chi connectivity index (χ3n) is 5.30. The van der Waals surface area contributed by atoms with E-state index in [9.17, 15) is 14.7 Å². The molecule has 2 N–H and O–H groups in total. The lowest BCUT2D eigenvalue weighted by molar-refractivity contribution is -0.126. The zero-order valence-corrected chi connectivity index (χ0v) is 15.1. The van der Waals surface area contributed by atoms with Crippen LogP contribution in [0.5, 0.6) is 5.75 Å². The number of anilines is 2. The van der Waals surface area contributed by atoms with Crippen LogP contribution in [0.3, 0.4) is 0 Å². The summed E-state index contributed by atoms with van der Waals surface area (Å²) in [6.07, 6.45) is 1.24. The van der Waals surface area contributed by atoms with Gasteiger partial charge in [0.15, 0.2) is 0 Å². The van der Waals surface area contributed by atoms with Crippen molar-refractivity contribution in [2.24, 2.45) is 5.92 Å². The van der Waals surface area contributed by atoms with Crippen LogP contribution in [0.1, 0.15) is 12.0 Å². The van der Waals surface area contributed by atoms with Gasteiger partial charge in [0.05, 0.1) is 5.92 Å². The third-order valence-corrected chi connectivity index (χ3v) is 5.30. The molecule has 4 rings (SSSR count). The number of rotatable bonds is 5. The van der Waals surface area contributed by atoms with Crippen molar-refractivity contribution >= 4 is 23.2 Å². The first-order valence-electron chi connectivity index (χ1n) is 9.32. The Morgan fingerprint density at radius 2 is 2.04 bits per heavy atom. The van der Waals surface area contributed by atoms with Gasteiger partial charge in [0, 0.05) is 50.0 Å². The highest BCUT2D eigenvalue weighted by atomic mass is 16.3. The molecule has 0 spiro atoms. The SMILES string of the molecule is O=C(NCCN1CCc2ccccc21)[C@H]1CC(=O)N(c2cccc(O)c2)C1. The van der Waals surface area contributed by atoms with Gasteiger partial charge in [0.25, 0.3) is 0 Å². The average molecular weight is 365 g/mol. The number of amides is 2. The number of phenols is 1. The minimum absolute atomic E-state index is 0.0847. The molecule has 1 atom stereocenters. The Hall–Kier alpha value is -3.02. The molecule has 2 aliphatic rings. The quantitative estimate of drug-likeness (QED) is 0.849. The molecule has 140 valence electrons. The molecule has 2 aliphatic heterocycles. The Morgan fingerprint density at radius 3 is 2.89 bits per heavy atom. The predicted molar refractivity (Wildman–Crippen MR) is 104 cm³/mol. The molecule has 1 fully saturated rings. The number of phenolic OH excluding ortho intramolecular Hbond substituents is 1. The van der Waals surface area contributed by atoms with Gasteiger partial charge >= 0.3 is 0 Å². The Kier molecular flexibility index (Phi) is 4.71. The second-order valence-corrected chi connectivity index (χ2v) is 7.08. The van der Waals surface area contributed by atoms with Crippen LogP contribution in [-0.4, -0.2) is 43.1 Å². The third kappa shape index (κ3) is 3.60. The second kappa shape index (κ2) is 7.31. The topological polar surface area (TPSA) is 72.9 Å². The van der Waals surface area contributed by atoms with Gasteiger partial charge in [0.1, 0.15) is 5.75 Å². The van der Waals surface area contributed by atoms with Gasteiger partial charge < -0.3 is 20.2 Å². The van der Waals surface area contributed by atoms with E-state index in [0.29, 0.717) is 18.8 Å². The summed E-state index contributed by atoms with van der Waals surface area (Å²) < 4.78 is 0. The second-order valence-electron chi connectivity index (χ2n) is 7.08. The first kappa shape index (κ1) is 17.4. The van der Waals surface area contributed by atoms with Gasteiger partial charge in [-0.05, 0) is 30.2 Å². The number of carbonyl (C=O) groups is 2. The number of para-hydroxylation sites is 1. The normalized spacial score (nSPS) is 18.7. The fourth-order valence-corrected chi connectivity index (χ4v) is 3.89. The van der Waals surface area contributed by atoms with Crippen molar-refractivity contribution in [1.82, 2.24) is 5.32 Å². The van der Waals surface area contributed by atoms with Crippen molar-refractivity contribution in [3.8, 4) is 5.75 Å². The van der Waals surface area contributed by atoms with Crippen molar-refractivity contribution in [2.75, 3.05) is 36.0 Å². The molecule has 27 heavy (non-hydrogen) atoms. The maximum absolute atomic E-state index is 12.5. The predicted octanol–water partition coefficient (Wildman–Crippen LogP) is 1.92. The van der Waals surface area contributed by atoms with Crippen LogP contribution in [0.2, 0.25) is 0 Å². The molecule has 0 saturated carbocycles. The van der Waals surface area contributed by atoms with E-state index in [0.717, 1.165) is 19.5 Å². The Balaban J connectivity index is 1.30. The molecule has 6 nitrogen and oxygen atoms in total. The van der Waals surface area contributed by atoms with E-state index >= 15 is 0 Å². The summed E-state index contributed by atoms with van der Waals surface area (Å²) in [5.74, 6) is -0.419. The minimum atomic E-state index is -0.356. The van der Waals surface area contributed by atoms with Gasteiger partial charge in [-0.15, -0.1) is 0 Å². The number of carbonyl (C=O) groups excluding carboxylic acids is 2. The molecule has 0 radical (unpaired) electrons. The van der Waals surface area contributed by atoms with E-state index in [4.69, 9.17) is 0 Å². The summed E-state index contributed by atoms with van der Waals surface area (Å²) in [7, 11) is 0. The standard InChI is InChI=1S/C21H23N3O3/c25-18-6-3-5-17(13-18)24-14-16(12-20(24)26)21(27)22-9-11-23-10-8-15-4-1-2-7-19(15)23/h1-7,13,16,25H,8-12,14H2,(H,22,27)/t16-/m0/s1. The Bertz CT molecular complexity index is 867. The van der Waals surface area contributed by atoms with E-state index in [1.165, 1.54) is 11.3 Å². The van der Waals surface area contributed by atoms with Crippen LogP contribution >= 0.6 is 0 Å². The highest BCUT2D eigenvalue weighted by molar-refractivity contribution is 6.00. The Morgan fingerprint density at radius 1 is 1.19 bits per heavy atom. The molecule has 2 heterocycles. The molecule has 0 bridgehead atoms. The van der Waals surface area contributed by atoms with Crippen LogP contribution in [0, 0.1) is 5.92 Å². The van der Waals surface area contributed by atoms with E-state index in [1.807, 2.05) is 6.07 Å². The summed E-state index contributed by atoms with van der Waals surface area (Å²) in [6, 6.07) is 14.9. The number of nitrogens with one attached hydrogen (secondary N) is 1. The zero-order chi connectivity index (χ0) is 18.8. The van der Waals surface area contributed by atoms with Crippen LogP contribution in [0.25, 0.3) is 0 Å². The number of aromatic hydroxyl groups is 1. The number of hydrogen-bond acceptors (Lipinski definition) is 4. The van der Waals surface area contributed by atoms with Crippen LogP contribution in [0.4, 0.5) is 11.4 Å². The maximum Gasteiger partial charge on any atom is 0.227 e. The summed E-state index contributed by atoms with van der Waals surface area (Å²) in [4.78, 5) is 28.6. The summed E-state index contributed by atoms with van der Waals surface area (Å²) in [5, 5.41) is 12.6. The van der Waals surface area contributed by atoms with Gasteiger partial charge in [-0.2, -0.15) is 0 Å². The molecule has 0 aromatic heterocycles. The summed E-state index contributed by atoms with van der Waals surface area (Å²) >= 11 is 0. The zero-order valence-electron chi connectivity index (χ0n) is 15.1. The van der Waals surface area contributed by atoms with E-state index in [2.05, 4.69) is 28.4 Å². The van der Waals surface area contributed by atoms with Gasteiger partial charge in [-0.3, -0.25) is 9.59 Å². The molecule has 6 heteroatoms. The molecular formula is C21H23N3O3. The van der Waals surface area contributed by atoms with Gasteiger partial charge in [0.2, 0.25) is 11.8 Å². The van der Waals surface area contributed by atoms with Crippen molar-refractivity contribution in [2.45, 2.75) is 12.8 Å². The molecule has 2 aromatic carbocycles. The first-order chi connectivity index (χ1) is 13.1. The number of fused-ring (bicyclic) bond motifs is 1. The number of hydrogen-bond donors (Lipinski definition) is 2. The van der Waals surface area contributed by atoms with Gasteiger partial charge in [-0.25, -0.2) is 0 Å². The number of nitrogens with zero attached hydrogens (tertiary/aromatic N) is 2. The fraction of sp³-hybridized carbons (Fsp3) is 0.333. The van der Waals surface area contributed by atoms with E-state index in [1.54, 1.807) is 29.2 Å². The van der Waals surface area contributed by atoms with Crippen molar-refractivity contribution in [3.05, 3.63) is 54.1 Å². The van der Waals surface area contributed by atoms with Crippen LogP contribution in [-0.2, 0) is 16.0 Å². The Labute approximate surface area is 158 Å². The lowest BCUT2D eigenvalue weighted by Crippen LogP contribution is -2.38. The number of benzene rings is 2. The van der Waals surface area contributed by atoms with Crippen LogP contribution in [0.15, 0.2) is 48.5 Å². The van der Waals surface area contributed by atoms with Crippen molar-refractivity contribution < 1.29 is 14.7 Å². The average Bonchev–Trinajstić information content (AvgIpc) is 3.26. The van der Waals surface area contributed by atoms with Crippen molar-refractivity contribution in [1.29, 1.82) is 0 Å². The van der Waals surface area contributed by atoms with E-state index < -0.39 is 0 Å². The summed E-state index contributed by atoms with van der Waals surface area (Å²) in [5.41, 5.74) is 3.23. The fourth-order valence-electron chi connectivity index (χ4n) is 3.89. The smallest absolute Gasteiger partial charge is 0.227 e. The molecule has 0 unspecified atom stereocenters. The lowest BCUT2D eigenvalue weighted by Gasteiger charge is -2.20. The lowest BCUT2D eigenvalue weighted by atomic mass is 10.1. The monoisotopic (exact) mass is 365 g/mol. The summed E-state index contributed by atoms with van der Waals surface area (Å²) in [6.45, 7) is 2.65. The van der Waals surface area contributed by atoms with Crippen LogP contribution < -0.4 is 15.1 Å². The van der Waals surface area contributed by atoms with Gasteiger partial charge in [-0.1, -0.05) is 24.3 Å². The maximum atomic E-state index is 12.5. The molecule has 1 saturated heterocycles. The molecule has 2 aromatic rings.